The number of hydrogen-bond acceptors (Lipinski definition) is 3. The molecule has 4 heteroatoms. The summed E-state index contributed by atoms with van der Waals surface area (Å²) in [5.41, 5.74) is 1.17. The summed E-state index contributed by atoms with van der Waals surface area (Å²) in [6.45, 7) is 8.59. The van der Waals surface area contributed by atoms with E-state index in [0.717, 1.165) is 38.0 Å². The van der Waals surface area contributed by atoms with Crippen LogP contribution in [-0.2, 0) is 0 Å². The van der Waals surface area contributed by atoms with Crippen LogP contribution in [0.1, 0.15) is 42.6 Å². The standard InChI is InChI=1S/C17H26N2O2/c1-12(2)18-10-14-7-5-9-19(11-14)17(21)15-8-4-6-13(3)16(15)20/h4,6,8,12,14,18,20H,5,7,9-11H2,1-3H3. The Morgan fingerprint density at radius 2 is 2.24 bits per heavy atom. The van der Waals surface area contributed by atoms with Crippen LogP contribution in [0.25, 0.3) is 0 Å². The number of benzene rings is 1. The van der Waals surface area contributed by atoms with Crippen molar-refractivity contribution < 1.29 is 9.90 Å². The van der Waals surface area contributed by atoms with Gasteiger partial charge in [-0.2, -0.15) is 0 Å². The highest BCUT2D eigenvalue weighted by Gasteiger charge is 2.26. The van der Waals surface area contributed by atoms with E-state index in [9.17, 15) is 9.90 Å². The lowest BCUT2D eigenvalue weighted by Gasteiger charge is -2.33. The number of phenols is 1. The van der Waals surface area contributed by atoms with E-state index in [1.807, 2.05) is 24.0 Å². The second kappa shape index (κ2) is 6.94. The quantitative estimate of drug-likeness (QED) is 0.896. The topological polar surface area (TPSA) is 52.6 Å². The van der Waals surface area contributed by atoms with Gasteiger partial charge >= 0.3 is 0 Å². The fourth-order valence-electron chi connectivity index (χ4n) is 2.82. The van der Waals surface area contributed by atoms with Crippen LogP contribution in [-0.4, -0.2) is 41.6 Å². The van der Waals surface area contributed by atoms with Gasteiger partial charge < -0.3 is 15.3 Å². The van der Waals surface area contributed by atoms with Crippen LogP contribution in [0.3, 0.4) is 0 Å². The number of amides is 1. The monoisotopic (exact) mass is 290 g/mol. The third-order valence-corrected chi connectivity index (χ3v) is 4.09. The lowest BCUT2D eigenvalue weighted by molar-refractivity contribution is 0.0669. The molecule has 0 aromatic heterocycles. The minimum Gasteiger partial charge on any atom is -0.507 e. The van der Waals surface area contributed by atoms with E-state index >= 15 is 0 Å². The molecule has 1 saturated heterocycles. The van der Waals surface area contributed by atoms with Crippen LogP contribution in [0.4, 0.5) is 0 Å². The maximum atomic E-state index is 12.6. The number of piperidine rings is 1. The summed E-state index contributed by atoms with van der Waals surface area (Å²) in [5.74, 6) is 0.562. The number of nitrogens with zero attached hydrogens (tertiary/aromatic N) is 1. The first kappa shape index (κ1) is 15.8. The molecule has 116 valence electrons. The maximum Gasteiger partial charge on any atom is 0.257 e. The Bertz CT molecular complexity index is 500. The van der Waals surface area contributed by atoms with Crippen molar-refractivity contribution in [1.29, 1.82) is 0 Å². The van der Waals surface area contributed by atoms with E-state index in [4.69, 9.17) is 0 Å². The molecule has 4 nitrogen and oxygen atoms in total. The molecule has 2 N–H and O–H groups in total. The molecule has 1 aromatic carbocycles. The summed E-state index contributed by atoms with van der Waals surface area (Å²) in [6.07, 6.45) is 2.19. The Morgan fingerprint density at radius 3 is 2.95 bits per heavy atom. The number of aryl methyl sites for hydroxylation is 1. The second-order valence-electron chi connectivity index (χ2n) is 6.29. The summed E-state index contributed by atoms with van der Waals surface area (Å²) < 4.78 is 0. The van der Waals surface area contributed by atoms with Crippen LogP contribution in [0.15, 0.2) is 18.2 Å². The Morgan fingerprint density at radius 1 is 1.48 bits per heavy atom. The number of aromatic hydroxyl groups is 1. The van der Waals surface area contributed by atoms with Gasteiger partial charge in [0.15, 0.2) is 0 Å². The third kappa shape index (κ3) is 3.97. The molecular formula is C17H26N2O2. The molecule has 0 spiro atoms. The number of rotatable bonds is 4. The Kier molecular flexibility index (Phi) is 5.23. The van der Waals surface area contributed by atoms with Crippen molar-refractivity contribution in [2.75, 3.05) is 19.6 Å². The highest BCUT2D eigenvalue weighted by atomic mass is 16.3. The first-order valence-corrected chi connectivity index (χ1v) is 7.80. The van der Waals surface area contributed by atoms with Gasteiger partial charge in [-0.3, -0.25) is 4.79 Å². The van der Waals surface area contributed by atoms with Gasteiger partial charge in [-0.15, -0.1) is 0 Å². The van der Waals surface area contributed by atoms with Gasteiger partial charge in [-0.1, -0.05) is 26.0 Å². The van der Waals surface area contributed by atoms with Crippen molar-refractivity contribution >= 4 is 5.91 Å². The van der Waals surface area contributed by atoms with Crippen molar-refractivity contribution in [1.82, 2.24) is 10.2 Å². The van der Waals surface area contributed by atoms with Crippen LogP contribution < -0.4 is 5.32 Å². The SMILES string of the molecule is Cc1cccc(C(=O)N2CCCC(CNC(C)C)C2)c1O. The highest BCUT2D eigenvalue weighted by Crippen LogP contribution is 2.25. The minimum atomic E-state index is -0.0505. The Balaban J connectivity index is 2.03. The normalized spacial score (nSPS) is 19.0. The minimum absolute atomic E-state index is 0.0505. The van der Waals surface area contributed by atoms with Crippen LogP contribution in [0.5, 0.6) is 5.75 Å². The molecule has 1 fully saturated rings. The average molecular weight is 290 g/mol. The van der Waals surface area contributed by atoms with E-state index in [1.165, 1.54) is 0 Å². The van der Waals surface area contributed by atoms with Crippen molar-refractivity contribution in [3.05, 3.63) is 29.3 Å². The van der Waals surface area contributed by atoms with Crippen molar-refractivity contribution in [2.24, 2.45) is 5.92 Å². The smallest absolute Gasteiger partial charge is 0.257 e. The van der Waals surface area contributed by atoms with Gasteiger partial charge in [0.1, 0.15) is 5.75 Å². The molecule has 0 aliphatic carbocycles. The summed E-state index contributed by atoms with van der Waals surface area (Å²) in [5, 5.41) is 13.5. The predicted octanol–water partition coefficient (Wildman–Crippen LogP) is 2.55. The van der Waals surface area contributed by atoms with Crippen molar-refractivity contribution in [2.45, 2.75) is 39.7 Å². The molecule has 1 aromatic rings. The van der Waals surface area contributed by atoms with E-state index < -0.39 is 0 Å². The lowest BCUT2D eigenvalue weighted by atomic mass is 9.96. The molecule has 1 atom stereocenters. The molecular weight excluding hydrogens is 264 g/mol. The molecule has 1 heterocycles. The summed E-state index contributed by atoms with van der Waals surface area (Å²) >= 11 is 0. The van der Waals surface area contributed by atoms with Crippen molar-refractivity contribution in [3.8, 4) is 5.75 Å². The predicted molar refractivity (Wildman–Crippen MR) is 84.6 cm³/mol. The van der Waals surface area contributed by atoms with Gasteiger partial charge in [0.2, 0.25) is 0 Å². The lowest BCUT2D eigenvalue weighted by Crippen LogP contribution is -2.43. The first-order valence-electron chi connectivity index (χ1n) is 7.80. The van der Waals surface area contributed by atoms with Gasteiger partial charge in [0.25, 0.3) is 5.91 Å². The highest BCUT2D eigenvalue weighted by molar-refractivity contribution is 5.97. The number of carbonyl (C=O) groups is 1. The Labute approximate surface area is 127 Å². The first-order chi connectivity index (χ1) is 9.99. The molecule has 1 aliphatic rings. The van der Waals surface area contributed by atoms with Crippen molar-refractivity contribution in [3.63, 3.8) is 0 Å². The number of para-hydroxylation sites is 1. The van der Waals surface area contributed by atoms with Gasteiger partial charge in [-0.05, 0) is 43.9 Å². The number of phenolic OH excluding ortho intramolecular Hbond substituents is 1. The summed E-state index contributed by atoms with van der Waals surface area (Å²) in [7, 11) is 0. The molecule has 1 unspecified atom stereocenters. The average Bonchev–Trinajstić information content (AvgIpc) is 2.47. The van der Waals surface area contributed by atoms with Gasteiger partial charge in [0.05, 0.1) is 5.56 Å². The fraction of sp³-hybridized carbons (Fsp3) is 0.588. The van der Waals surface area contributed by atoms with E-state index in [2.05, 4.69) is 19.2 Å². The zero-order valence-corrected chi connectivity index (χ0v) is 13.2. The maximum absolute atomic E-state index is 12.6. The molecule has 0 saturated carbocycles. The number of carbonyl (C=O) groups excluding carboxylic acids is 1. The molecule has 1 aliphatic heterocycles. The third-order valence-electron chi connectivity index (χ3n) is 4.09. The van der Waals surface area contributed by atoms with Crippen LogP contribution in [0, 0.1) is 12.8 Å². The van der Waals surface area contributed by atoms with E-state index in [-0.39, 0.29) is 11.7 Å². The molecule has 2 rings (SSSR count). The van der Waals surface area contributed by atoms with Gasteiger partial charge in [-0.25, -0.2) is 0 Å². The zero-order chi connectivity index (χ0) is 15.4. The number of nitrogens with one attached hydrogen (secondary N) is 1. The van der Waals surface area contributed by atoms with Gasteiger partial charge in [0, 0.05) is 19.1 Å². The Hall–Kier alpha value is -1.55. The number of hydrogen-bond donors (Lipinski definition) is 2. The fourth-order valence-corrected chi connectivity index (χ4v) is 2.82. The van der Waals surface area contributed by atoms with E-state index in [1.54, 1.807) is 6.07 Å². The molecule has 0 bridgehead atoms. The second-order valence-corrected chi connectivity index (χ2v) is 6.29. The molecule has 21 heavy (non-hydrogen) atoms. The zero-order valence-electron chi connectivity index (χ0n) is 13.2. The molecule has 0 radical (unpaired) electrons. The van der Waals surface area contributed by atoms with Crippen LogP contribution in [0.2, 0.25) is 0 Å². The molecule has 1 amide bonds. The number of likely N-dealkylation sites (tertiary alicyclic amines) is 1. The van der Waals surface area contributed by atoms with E-state index in [0.29, 0.717) is 17.5 Å². The van der Waals surface area contributed by atoms with Crippen LogP contribution >= 0.6 is 0 Å². The summed E-state index contributed by atoms with van der Waals surface area (Å²) in [6, 6.07) is 5.82. The summed E-state index contributed by atoms with van der Waals surface area (Å²) in [4.78, 5) is 14.5. The largest absolute Gasteiger partial charge is 0.507 e.